The fourth-order valence-electron chi connectivity index (χ4n) is 2.75. The van der Waals surface area contributed by atoms with E-state index in [4.69, 9.17) is 5.73 Å². The van der Waals surface area contributed by atoms with Crippen molar-refractivity contribution < 1.29 is 9.90 Å². The molecule has 1 amide bonds. The van der Waals surface area contributed by atoms with Gasteiger partial charge in [-0.2, -0.15) is 0 Å². The summed E-state index contributed by atoms with van der Waals surface area (Å²) in [5, 5.41) is 9.40. The maximum atomic E-state index is 12.0. The highest BCUT2D eigenvalue weighted by Gasteiger charge is 2.53. The number of hydrogen-bond acceptors (Lipinski definition) is 5. The fourth-order valence-corrected chi connectivity index (χ4v) is 4.29. The summed E-state index contributed by atoms with van der Waals surface area (Å²) in [6.45, 7) is 9.68. The molecule has 2 aliphatic heterocycles. The van der Waals surface area contributed by atoms with Gasteiger partial charge in [-0.05, 0) is 12.8 Å². The highest BCUT2D eigenvalue weighted by Crippen LogP contribution is 2.43. The Hall–Kier alpha value is -0.300. The van der Waals surface area contributed by atoms with Gasteiger partial charge in [0.05, 0.1) is 19.2 Å². The number of hydrogen-bond donors (Lipinski definition) is 2. The quantitative estimate of drug-likeness (QED) is 0.758. The predicted octanol–water partition coefficient (Wildman–Crippen LogP) is -0.0622. The Morgan fingerprint density at radius 1 is 1.42 bits per heavy atom. The molecule has 0 saturated carbocycles. The first-order chi connectivity index (χ1) is 8.85. The molecule has 2 aliphatic rings. The largest absolute Gasteiger partial charge is 0.391 e. The minimum atomic E-state index is -0.790. The Labute approximate surface area is 119 Å². The van der Waals surface area contributed by atoms with Crippen molar-refractivity contribution in [2.75, 3.05) is 31.9 Å². The van der Waals surface area contributed by atoms with E-state index in [2.05, 4.69) is 18.7 Å². The first-order valence-corrected chi connectivity index (χ1v) is 7.96. The lowest BCUT2D eigenvalue weighted by atomic mass is 10.0. The van der Waals surface area contributed by atoms with Gasteiger partial charge < -0.3 is 15.7 Å². The third-order valence-electron chi connectivity index (χ3n) is 3.89. The summed E-state index contributed by atoms with van der Waals surface area (Å²) in [4.78, 5) is 16.4. The molecule has 2 saturated heterocycles. The van der Waals surface area contributed by atoms with Crippen LogP contribution in [0.2, 0.25) is 0 Å². The van der Waals surface area contributed by atoms with Crippen LogP contribution in [0.3, 0.4) is 0 Å². The molecule has 6 heteroatoms. The summed E-state index contributed by atoms with van der Waals surface area (Å²) in [6.07, 6.45) is -0.785. The number of thioether (sulfide) groups is 1. The van der Waals surface area contributed by atoms with Gasteiger partial charge in [-0.1, -0.05) is 13.8 Å². The van der Waals surface area contributed by atoms with Crippen LogP contribution < -0.4 is 5.73 Å². The highest BCUT2D eigenvalue weighted by molar-refractivity contribution is 8.01. The van der Waals surface area contributed by atoms with Crippen LogP contribution in [0.25, 0.3) is 0 Å². The second-order valence-corrected chi connectivity index (χ2v) is 7.55. The lowest BCUT2D eigenvalue weighted by Gasteiger charge is -2.52. The second kappa shape index (κ2) is 5.60. The van der Waals surface area contributed by atoms with Crippen LogP contribution >= 0.6 is 11.8 Å². The molecule has 0 bridgehead atoms. The monoisotopic (exact) mass is 287 g/mol. The van der Waals surface area contributed by atoms with E-state index in [0.29, 0.717) is 5.92 Å². The van der Waals surface area contributed by atoms with Gasteiger partial charge in [0, 0.05) is 18.8 Å². The standard InChI is InChI=1S/C13H25N3O2S/c1-9(2)6-16-4-5-19-13(16)7-15(8-13)12(18)11(14)10(3)17/h9-11,17H,4-8,14H2,1-3H3/t10-,11+/m1/s1. The Kier molecular flexibility index (Phi) is 4.45. The molecule has 2 atom stereocenters. The van der Waals surface area contributed by atoms with E-state index >= 15 is 0 Å². The summed E-state index contributed by atoms with van der Waals surface area (Å²) in [5.74, 6) is 1.65. The molecule has 3 N–H and O–H groups in total. The van der Waals surface area contributed by atoms with Crippen molar-refractivity contribution >= 4 is 17.7 Å². The van der Waals surface area contributed by atoms with Crippen LogP contribution in [0.4, 0.5) is 0 Å². The Bertz CT molecular complexity index is 343. The van der Waals surface area contributed by atoms with E-state index in [0.717, 1.165) is 31.9 Å². The molecule has 5 nitrogen and oxygen atoms in total. The van der Waals surface area contributed by atoms with Crippen molar-refractivity contribution in [2.24, 2.45) is 11.7 Å². The van der Waals surface area contributed by atoms with Crippen LogP contribution in [-0.4, -0.2) is 69.8 Å². The number of amides is 1. The summed E-state index contributed by atoms with van der Waals surface area (Å²) in [5.41, 5.74) is 5.71. The number of nitrogens with zero attached hydrogens (tertiary/aromatic N) is 2. The number of carbonyl (C=O) groups is 1. The fraction of sp³-hybridized carbons (Fsp3) is 0.923. The Balaban J connectivity index is 1.92. The Morgan fingerprint density at radius 2 is 2.05 bits per heavy atom. The smallest absolute Gasteiger partial charge is 0.242 e. The molecule has 0 aromatic rings. The van der Waals surface area contributed by atoms with Crippen LogP contribution in [0, 0.1) is 5.92 Å². The van der Waals surface area contributed by atoms with Gasteiger partial charge in [0.25, 0.3) is 0 Å². The molecule has 0 aromatic heterocycles. The lowest BCUT2D eigenvalue weighted by molar-refractivity contribution is -0.143. The Morgan fingerprint density at radius 3 is 2.58 bits per heavy atom. The average Bonchev–Trinajstić information content (AvgIpc) is 2.67. The summed E-state index contributed by atoms with van der Waals surface area (Å²) in [6, 6.07) is -0.790. The number of aliphatic hydroxyl groups is 1. The van der Waals surface area contributed by atoms with Gasteiger partial charge in [-0.15, -0.1) is 11.8 Å². The maximum absolute atomic E-state index is 12.0. The number of aliphatic hydroxyl groups excluding tert-OH is 1. The van der Waals surface area contributed by atoms with E-state index < -0.39 is 12.1 Å². The molecule has 0 radical (unpaired) electrons. The number of nitrogens with two attached hydrogens (primary N) is 1. The zero-order chi connectivity index (χ0) is 14.2. The molecule has 0 aromatic carbocycles. The van der Waals surface area contributed by atoms with Crippen LogP contribution in [0.1, 0.15) is 20.8 Å². The van der Waals surface area contributed by atoms with Gasteiger partial charge >= 0.3 is 0 Å². The predicted molar refractivity (Wildman–Crippen MR) is 77.8 cm³/mol. The zero-order valence-electron chi connectivity index (χ0n) is 12.0. The van der Waals surface area contributed by atoms with Gasteiger partial charge in [0.15, 0.2) is 0 Å². The lowest BCUT2D eigenvalue weighted by Crippen LogP contribution is -2.70. The van der Waals surface area contributed by atoms with Crippen molar-refractivity contribution in [3.05, 3.63) is 0 Å². The molecule has 1 spiro atoms. The third kappa shape index (κ3) is 2.91. The third-order valence-corrected chi connectivity index (χ3v) is 5.33. The average molecular weight is 287 g/mol. The van der Waals surface area contributed by atoms with Gasteiger partial charge in [0.2, 0.25) is 5.91 Å². The first kappa shape index (κ1) is 15.1. The van der Waals surface area contributed by atoms with Crippen molar-refractivity contribution in [1.82, 2.24) is 9.80 Å². The van der Waals surface area contributed by atoms with Gasteiger partial charge in [0.1, 0.15) is 10.9 Å². The van der Waals surface area contributed by atoms with Crippen molar-refractivity contribution in [3.63, 3.8) is 0 Å². The summed E-state index contributed by atoms with van der Waals surface area (Å²) >= 11 is 1.95. The summed E-state index contributed by atoms with van der Waals surface area (Å²) in [7, 11) is 0. The van der Waals surface area contributed by atoms with Crippen molar-refractivity contribution in [2.45, 2.75) is 37.8 Å². The molecular weight excluding hydrogens is 262 g/mol. The zero-order valence-corrected chi connectivity index (χ0v) is 12.8. The van der Waals surface area contributed by atoms with E-state index in [-0.39, 0.29) is 10.8 Å². The highest BCUT2D eigenvalue weighted by atomic mass is 32.2. The maximum Gasteiger partial charge on any atom is 0.242 e. The minimum absolute atomic E-state index is 0.109. The van der Waals surface area contributed by atoms with Crippen molar-refractivity contribution in [1.29, 1.82) is 0 Å². The molecule has 110 valence electrons. The molecule has 19 heavy (non-hydrogen) atoms. The number of likely N-dealkylation sites (tertiary alicyclic amines) is 1. The molecule has 0 unspecified atom stereocenters. The van der Waals surface area contributed by atoms with Crippen LogP contribution in [0.15, 0.2) is 0 Å². The van der Waals surface area contributed by atoms with E-state index in [9.17, 15) is 9.90 Å². The second-order valence-electron chi connectivity index (χ2n) is 6.10. The van der Waals surface area contributed by atoms with E-state index in [1.54, 1.807) is 11.8 Å². The van der Waals surface area contributed by atoms with Gasteiger partial charge in [-0.3, -0.25) is 9.69 Å². The first-order valence-electron chi connectivity index (χ1n) is 6.97. The topological polar surface area (TPSA) is 69.8 Å². The number of rotatable bonds is 4. The molecular formula is C13H25N3O2S. The normalized spacial score (nSPS) is 25.7. The van der Waals surface area contributed by atoms with Crippen LogP contribution in [0.5, 0.6) is 0 Å². The number of carbonyl (C=O) groups excluding carboxylic acids is 1. The van der Waals surface area contributed by atoms with E-state index in [1.165, 1.54) is 0 Å². The van der Waals surface area contributed by atoms with Crippen LogP contribution in [-0.2, 0) is 4.79 Å². The summed E-state index contributed by atoms with van der Waals surface area (Å²) < 4.78 is 0. The minimum Gasteiger partial charge on any atom is -0.391 e. The molecule has 2 rings (SSSR count). The van der Waals surface area contributed by atoms with Gasteiger partial charge in [-0.25, -0.2) is 0 Å². The SMILES string of the molecule is CC(C)CN1CCSC12CN(C(=O)[C@@H](N)[C@@H](C)O)C2. The van der Waals surface area contributed by atoms with E-state index in [1.807, 2.05) is 11.8 Å². The molecule has 2 fully saturated rings. The van der Waals surface area contributed by atoms with Crippen molar-refractivity contribution in [3.8, 4) is 0 Å². The molecule has 0 aliphatic carbocycles. The molecule has 2 heterocycles.